The largest absolute Gasteiger partial charge is 0.309 e. The molecule has 0 bridgehead atoms. The highest BCUT2D eigenvalue weighted by Gasteiger charge is 2.08. The molecule has 0 atom stereocenters. The third-order valence-corrected chi connectivity index (χ3v) is 3.82. The molecular formula is C22H20N3O. The van der Waals surface area contributed by atoms with Gasteiger partial charge in [-0.15, -0.1) is 0 Å². The Labute approximate surface area is 152 Å². The lowest BCUT2D eigenvalue weighted by Gasteiger charge is -2.03. The van der Waals surface area contributed by atoms with Crippen LogP contribution in [0, 0.1) is 6.07 Å². The van der Waals surface area contributed by atoms with Crippen molar-refractivity contribution in [2.45, 2.75) is 12.8 Å². The molecule has 4 rings (SSSR count). The Hall–Kier alpha value is -3.40. The van der Waals surface area contributed by atoms with Crippen molar-refractivity contribution in [1.29, 1.82) is 0 Å². The number of hydrogen-bond acceptors (Lipinski definition) is 2. The van der Waals surface area contributed by atoms with Crippen molar-refractivity contribution in [2.24, 2.45) is 0 Å². The zero-order chi connectivity index (χ0) is 18.0. The second kappa shape index (κ2) is 9.18. The lowest BCUT2D eigenvalue weighted by atomic mass is 10.1. The minimum atomic E-state index is -0.0221. The van der Waals surface area contributed by atoms with E-state index in [4.69, 9.17) is 0 Å². The number of nitrogens with one attached hydrogen (secondary N) is 2. The molecule has 0 aliphatic carbocycles. The number of carbonyl (C=O) groups excluding carboxylic acids is 1. The summed E-state index contributed by atoms with van der Waals surface area (Å²) in [5, 5.41) is 10.8. The molecule has 0 saturated heterocycles. The van der Waals surface area contributed by atoms with Crippen LogP contribution in [0.3, 0.4) is 0 Å². The van der Waals surface area contributed by atoms with Crippen molar-refractivity contribution in [3.63, 3.8) is 0 Å². The summed E-state index contributed by atoms with van der Waals surface area (Å²) < 4.78 is 0. The maximum absolute atomic E-state index is 12.0. The first-order valence-electron chi connectivity index (χ1n) is 8.51. The Morgan fingerprint density at radius 1 is 0.923 bits per heavy atom. The summed E-state index contributed by atoms with van der Waals surface area (Å²) in [5.74, 6) is 0.574. The number of fused-ring (bicyclic) bond motifs is 1. The van der Waals surface area contributed by atoms with E-state index >= 15 is 0 Å². The molecule has 0 aliphatic heterocycles. The fourth-order valence-electron chi connectivity index (χ4n) is 2.50. The molecule has 129 valence electrons. The molecule has 4 heteroatoms. The van der Waals surface area contributed by atoms with E-state index in [2.05, 4.69) is 21.6 Å². The van der Waals surface area contributed by atoms with E-state index in [1.807, 2.05) is 84.9 Å². The molecule has 1 aromatic heterocycles. The molecule has 0 saturated carbocycles. The van der Waals surface area contributed by atoms with E-state index in [9.17, 15) is 4.79 Å². The summed E-state index contributed by atoms with van der Waals surface area (Å²) in [7, 11) is 0. The van der Waals surface area contributed by atoms with Crippen LogP contribution in [-0.2, 0) is 11.2 Å². The van der Waals surface area contributed by atoms with Gasteiger partial charge in [-0.1, -0.05) is 72.8 Å². The van der Waals surface area contributed by atoms with Crippen molar-refractivity contribution in [3.05, 3.63) is 96.6 Å². The van der Waals surface area contributed by atoms with Crippen LogP contribution < -0.4 is 5.32 Å². The van der Waals surface area contributed by atoms with Gasteiger partial charge in [-0.3, -0.25) is 9.89 Å². The molecule has 1 heterocycles. The van der Waals surface area contributed by atoms with Gasteiger partial charge >= 0.3 is 0 Å². The summed E-state index contributed by atoms with van der Waals surface area (Å²) in [6, 6.07) is 30.2. The summed E-state index contributed by atoms with van der Waals surface area (Å²) in [5.41, 5.74) is 2.08. The smallest absolute Gasteiger partial charge is 0.225 e. The lowest BCUT2D eigenvalue weighted by Crippen LogP contribution is -2.12. The van der Waals surface area contributed by atoms with Crippen LogP contribution in [0.25, 0.3) is 10.9 Å². The van der Waals surface area contributed by atoms with E-state index < -0.39 is 0 Å². The molecule has 0 fully saturated rings. The Morgan fingerprint density at radius 2 is 1.62 bits per heavy atom. The van der Waals surface area contributed by atoms with Crippen molar-refractivity contribution in [2.75, 3.05) is 5.32 Å². The molecule has 0 spiro atoms. The maximum atomic E-state index is 12.0. The predicted molar refractivity (Wildman–Crippen MR) is 105 cm³/mol. The number of carbonyl (C=O) groups is 1. The lowest BCUT2D eigenvalue weighted by molar-refractivity contribution is -0.116. The quantitative estimate of drug-likeness (QED) is 0.568. The number of aromatic amines is 1. The normalized spacial score (nSPS) is 10.0. The van der Waals surface area contributed by atoms with Crippen LogP contribution in [0.15, 0.2) is 84.9 Å². The van der Waals surface area contributed by atoms with Crippen LogP contribution in [0.1, 0.15) is 12.0 Å². The first-order valence-corrected chi connectivity index (χ1v) is 8.51. The monoisotopic (exact) mass is 342 g/mol. The number of aryl methyl sites for hydroxylation is 1. The number of nitrogens with zero attached hydrogens (tertiary/aromatic N) is 1. The van der Waals surface area contributed by atoms with Gasteiger partial charge in [0.1, 0.15) is 0 Å². The third-order valence-electron chi connectivity index (χ3n) is 3.82. The number of aromatic nitrogens is 2. The average Bonchev–Trinajstić information content (AvgIpc) is 3.12. The fourth-order valence-corrected chi connectivity index (χ4v) is 2.50. The molecular weight excluding hydrogens is 322 g/mol. The zero-order valence-electron chi connectivity index (χ0n) is 14.4. The highest BCUT2D eigenvalue weighted by Crippen LogP contribution is 2.19. The molecule has 0 unspecified atom stereocenters. The second-order valence-electron chi connectivity index (χ2n) is 5.73. The number of hydrogen-bond donors (Lipinski definition) is 2. The van der Waals surface area contributed by atoms with Gasteiger partial charge in [0.2, 0.25) is 5.91 Å². The predicted octanol–water partition coefficient (Wildman–Crippen LogP) is 4.62. The van der Waals surface area contributed by atoms with Crippen LogP contribution >= 0.6 is 0 Å². The van der Waals surface area contributed by atoms with Crippen molar-refractivity contribution >= 4 is 22.6 Å². The minimum Gasteiger partial charge on any atom is -0.309 e. The summed E-state index contributed by atoms with van der Waals surface area (Å²) in [6.45, 7) is 0. The molecule has 4 nitrogen and oxygen atoms in total. The van der Waals surface area contributed by atoms with E-state index in [1.165, 1.54) is 0 Å². The van der Waals surface area contributed by atoms with E-state index in [0.29, 0.717) is 12.2 Å². The molecule has 4 aromatic rings. The number of rotatable bonds is 4. The first-order chi connectivity index (χ1) is 12.8. The highest BCUT2D eigenvalue weighted by atomic mass is 16.1. The van der Waals surface area contributed by atoms with Crippen LogP contribution in [-0.4, -0.2) is 16.1 Å². The summed E-state index contributed by atoms with van der Waals surface area (Å²) in [4.78, 5) is 12.0. The van der Waals surface area contributed by atoms with Gasteiger partial charge in [0.05, 0.1) is 5.52 Å². The van der Waals surface area contributed by atoms with Gasteiger partial charge in [0.25, 0.3) is 0 Å². The number of H-pyrrole nitrogens is 1. The Kier molecular flexibility index (Phi) is 6.15. The Bertz CT molecular complexity index is 906. The van der Waals surface area contributed by atoms with Crippen molar-refractivity contribution < 1.29 is 4.79 Å². The van der Waals surface area contributed by atoms with Crippen LogP contribution in [0.2, 0.25) is 0 Å². The Morgan fingerprint density at radius 3 is 2.31 bits per heavy atom. The molecule has 1 radical (unpaired) electrons. The maximum Gasteiger partial charge on any atom is 0.225 e. The van der Waals surface area contributed by atoms with Gasteiger partial charge in [-0.05, 0) is 30.2 Å². The van der Waals surface area contributed by atoms with Gasteiger partial charge in [-0.25, -0.2) is 0 Å². The van der Waals surface area contributed by atoms with E-state index in [1.54, 1.807) is 0 Å². The van der Waals surface area contributed by atoms with Crippen LogP contribution in [0.5, 0.6) is 0 Å². The minimum absolute atomic E-state index is 0.0221. The number of anilines is 1. The topological polar surface area (TPSA) is 57.8 Å². The molecule has 3 aromatic carbocycles. The molecule has 1 amide bonds. The second-order valence-corrected chi connectivity index (χ2v) is 5.73. The number of benzene rings is 3. The third kappa shape index (κ3) is 5.05. The van der Waals surface area contributed by atoms with E-state index in [0.717, 1.165) is 22.9 Å². The standard InChI is InChI=1S/C16H15N3O.C6H5/c20-15(11-10-12-6-2-1-3-7-12)17-16-13-8-4-5-9-14(13)18-19-16;1-2-4-6-5-3-1/h1-9H,10-11H2,(H2,17,18,19,20);1-5H. The van der Waals surface area contributed by atoms with Crippen LogP contribution in [0.4, 0.5) is 5.82 Å². The first kappa shape index (κ1) is 17.4. The highest BCUT2D eigenvalue weighted by molar-refractivity contribution is 5.99. The number of para-hydroxylation sites is 1. The van der Waals surface area contributed by atoms with Gasteiger partial charge in [-0.2, -0.15) is 5.10 Å². The molecule has 2 N–H and O–H groups in total. The zero-order valence-corrected chi connectivity index (χ0v) is 14.4. The fraction of sp³-hybridized carbons (Fsp3) is 0.0909. The number of amides is 1. The molecule has 26 heavy (non-hydrogen) atoms. The van der Waals surface area contributed by atoms with E-state index in [-0.39, 0.29) is 5.91 Å². The summed E-state index contributed by atoms with van der Waals surface area (Å²) >= 11 is 0. The van der Waals surface area contributed by atoms with Gasteiger partial charge < -0.3 is 5.32 Å². The SMILES string of the molecule is O=C(CCc1ccccc1)Nc1n[nH]c2ccccc12.[c]1ccccc1. The van der Waals surface area contributed by atoms with Gasteiger partial charge in [0, 0.05) is 11.8 Å². The van der Waals surface area contributed by atoms with Crippen molar-refractivity contribution in [3.8, 4) is 0 Å². The van der Waals surface area contributed by atoms with Gasteiger partial charge in [0.15, 0.2) is 5.82 Å². The summed E-state index contributed by atoms with van der Waals surface area (Å²) in [6.07, 6.45) is 1.18. The Balaban J connectivity index is 0.000000278. The van der Waals surface area contributed by atoms with Crippen molar-refractivity contribution in [1.82, 2.24) is 10.2 Å². The molecule has 0 aliphatic rings. The average molecular weight is 342 g/mol.